The van der Waals surface area contributed by atoms with Crippen molar-refractivity contribution < 1.29 is 113 Å². The van der Waals surface area contributed by atoms with Gasteiger partial charge in [-0.05, 0) is 202 Å². The van der Waals surface area contributed by atoms with E-state index in [1.54, 1.807) is 34.6 Å². The van der Waals surface area contributed by atoms with Gasteiger partial charge in [-0.1, -0.05) is 39.8 Å². The molecule has 2 unspecified atom stereocenters. The molecule has 3 N–H and O–H groups in total. The molecule has 2 aliphatic rings. The lowest BCUT2D eigenvalue weighted by molar-refractivity contribution is -0.144. The number of halogens is 18. The van der Waals surface area contributed by atoms with Crippen LogP contribution in [0.4, 0.5) is 79.0 Å². The molecule has 111 heavy (non-hydrogen) atoms. The lowest BCUT2D eigenvalue weighted by Crippen LogP contribution is -2.38. The molecule has 616 valence electrons. The summed E-state index contributed by atoms with van der Waals surface area (Å²) in [6.07, 6.45) is -17.9. The van der Waals surface area contributed by atoms with Crippen LogP contribution in [0, 0.1) is 74.4 Å². The summed E-state index contributed by atoms with van der Waals surface area (Å²) in [5.74, 6) is -15.9. The molecule has 4 atom stereocenters. The number of carboxylic acids is 1. The number of hydrogen-bond donors (Lipinski definition) is 2. The van der Waals surface area contributed by atoms with E-state index in [1.165, 1.54) is 46.8 Å². The van der Waals surface area contributed by atoms with Crippen molar-refractivity contribution in [2.75, 3.05) is 52.5 Å². The average Bonchev–Trinajstić information content (AvgIpc) is 0.751. The van der Waals surface area contributed by atoms with E-state index in [9.17, 15) is 95.3 Å². The third kappa shape index (κ3) is 25.1. The van der Waals surface area contributed by atoms with Crippen molar-refractivity contribution >= 4 is 50.7 Å². The number of carboxylic acid groups (broad SMARTS) is 1. The minimum absolute atomic E-state index is 0. The molecule has 2 saturated heterocycles. The first kappa shape index (κ1) is 95.6. The van der Waals surface area contributed by atoms with E-state index in [1.807, 2.05) is 4.90 Å². The van der Waals surface area contributed by atoms with Crippen molar-refractivity contribution in [2.45, 2.75) is 189 Å². The molecule has 0 amide bonds. The van der Waals surface area contributed by atoms with Gasteiger partial charge in [0.15, 0.2) is 5.78 Å². The summed E-state index contributed by atoms with van der Waals surface area (Å²) in [7, 11) is 0. The summed E-state index contributed by atoms with van der Waals surface area (Å²) in [6.45, 7) is 20.0. The number of alkyl halides is 12. The second-order valence-corrected chi connectivity index (χ2v) is 28.0. The summed E-state index contributed by atoms with van der Waals surface area (Å²) in [5, 5.41) is 9.42. The first-order valence-corrected chi connectivity index (χ1v) is 35.2. The van der Waals surface area contributed by atoms with E-state index in [4.69, 9.17) is 10.5 Å². The number of aliphatic carboxylic acids is 1. The summed E-state index contributed by atoms with van der Waals surface area (Å²) >= 11 is 0. The standard InChI is InChI=1S/C39H43F9N2O4.C20H19F6NO2.C18H25F3N2O3.2H2S/c1-6-54-33(53)17-25(35-36(41)26(18-28(37(35)42)39(46,47)48)34-23(5)14-22(4)15-29(34)40)16-31(51)30(13-21(2)3)50-20-24(9-7-10-49-11-8-12-49)27(19-32(50)52)38(43,44)45;1-4-29-15(28)8-14(27)17-18(22)11(7-12(19(17)23)20(24,25)26)16-10(3)5-9(2)6-13(16)21;1-12(2)9-15(17(25)26)23-11-13(5-3-6-22-7-4-8-22)14(10-16(23)24)18(19,20)21;;/h14-15,18-21,25,30H,6-13,16-17H2,1-5H3;5-7,14H,4,8,27H2,1-3H3;10-12,15H,3-9H2,1-2H3,(H,25,26);2*1H2/t25-,30?;14-;;;/m00.../s1. The van der Waals surface area contributed by atoms with Crippen LogP contribution in [-0.4, -0.2) is 100 Å². The summed E-state index contributed by atoms with van der Waals surface area (Å²) in [4.78, 5) is 79.9. The van der Waals surface area contributed by atoms with Crippen LogP contribution in [0.1, 0.15) is 190 Å². The number of hydrogen-bond acceptors (Lipinski definition) is 11. The number of pyridine rings is 2. The number of Topliss-reactive ketones (excluding diaryl/α,β-unsaturated/α-hetero) is 1. The van der Waals surface area contributed by atoms with E-state index < -0.39 is 193 Å². The molecular weight excluding hydrogens is 1540 g/mol. The second kappa shape index (κ2) is 40.3. The molecule has 6 aromatic rings. The number of esters is 2. The first-order chi connectivity index (χ1) is 50.6. The number of nitrogens with zero attached hydrogens (tertiary/aromatic N) is 4. The number of likely N-dealkylation sites (tertiary alicyclic amines) is 2. The van der Waals surface area contributed by atoms with Crippen LogP contribution < -0.4 is 16.9 Å². The quantitative estimate of drug-likeness (QED) is 0.0351. The predicted octanol–water partition coefficient (Wildman–Crippen LogP) is 18.3. The van der Waals surface area contributed by atoms with Gasteiger partial charge in [-0.25, -0.2) is 31.1 Å². The normalized spacial score (nSPS) is 14.5. The van der Waals surface area contributed by atoms with Crippen molar-refractivity contribution in [2.24, 2.45) is 17.6 Å². The average molecular weight is 1640 g/mol. The fraction of sp³-hybridized carbons (Fsp3) is 0.506. The van der Waals surface area contributed by atoms with Crippen molar-refractivity contribution in [3.05, 3.63) is 183 Å². The van der Waals surface area contributed by atoms with Crippen LogP contribution in [0.25, 0.3) is 22.3 Å². The highest BCUT2D eigenvalue weighted by Gasteiger charge is 2.44. The maximum atomic E-state index is 16.6. The molecule has 0 saturated carbocycles. The smallest absolute Gasteiger partial charge is 0.419 e. The fourth-order valence-electron chi connectivity index (χ4n) is 13.3. The second-order valence-electron chi connectivity index (χ2n) is 28.0. The molecule has 2 aromatic heterocycles. The molecule has 2 aliphatic heterocycles. The molecule has 0 bridgehead atoms. The molecule has 4 aromatic carbocycles. The molecular formula is C77H91F18N5O9S2. The number of nitrogens with two attached hydrogens (primary N) is 1. The highest BCUT2D eigenvalue weighted by Crippen LogP contribution is 2.46. The largest absolute Gasteiger partial charge is 0.480 e. The number of aromatic nitrogens is 2. The number of carbonyl (C=O) groups excluding carboxylic acids is 3. The van der Waals surface area contributed by atoms with Crippen LogP contribution in [0.15, 0.2) is 70.5 Å². The number of rotatable bonds is 28. The number of carbonyl (C=O) groups is 4. The summed E-state index contributed by atoms with van der Waals surface area (Å²) in [6, 6.07) is 1.61. The zero-order valence-electron chi connectivity index (χ0n) is 62.6. The number of ether oxygens (including phenoxy) is 2. The molecule has 34 heteroatoms. The Morgan fingerprint density at radius 2 is 0.856 bits per heavy atom. The molecule has 14 nitrogen and oxygen atoms in total. The highest BCUT2D eigenvalue weighted by atomic mass is 32.1. The molecule has 4 heterocycles. The Hall–Kier alpha value is -7.82. The van der Waals surface area contributed by atoms with Crippen LogP contribution in [0.3, 0.4) is 0 Å². The van der Waals surface area contributed by atoms with Crippen LogP contribution in [0.2, 0.25) is 0 Å². The number of ketones is 1. The van der Waals surface area contributed by atoms with Crippen molar-refractivity contribution in [1.82, 2.24) is 18.9 Å². The van der Waals surface area contributed by atoms with Gasteiger partial charge in [0, 0.05) is 76.3 Å². The Morgan fingerprint density at radius 3 is 1.20 bits per heavy atom. The highest BCUT2D eigenvalue weighted by molar-refractivity contribution is 7.59. The number of benzene rings is 4. The first-order valence-electron chi connectivity index (χ1n) is 35.2. The van der Waals surface area contributed by atoms with Crippen molar-refractivity contribution in [3.8, 4) is 22.3 Å². The van der Waals surface area contributed by atoms with E-state index in [0.717, 1.165) is 72.7 Å². The van der Waals surface area contributed by atoms with Gasteiger partial charge in [0.25, 0.3) is 11.1 Å². The molecule has 2 fully saturated rings. The Kier molecular flexibility index (Phi) is 34.7. The maximum absolute atomic E-state index is 16.6. The van der Waals surface area contributed by atoms with Gasteiger partial charge in [0.1, 0.15) is 40.9 Å². The third-order valence-electron chi connectivity index (χ3n) is 18.5. The summed E-state index contributed by atoms with van der Waals surface area (Å²) in [5.41, 5.74) is -6.93. The van der Waals surface area contributed by atoms with Crippen molar-refractivity contribution in [3.63, 3.8) is 0 Å². The SMILES string of the molecule is CC(C)CC(C(=O)O)n1cc(CCCN2CCC2)c(C(F)(F)F)cc1=O.CCOC(=O)C[C@H](CC(=O)C(CC(C)C)n1cc(CCCN2CCC2)c(C(F)(F)F)cc1=O)c1c(F)c(-c2c(C)cc(C)cc2F)cc(C(F)(F)F)c1F.CCOC(=O)C[C@H](N)c1c(F)c(-c2c(C)cc(C)cc2F)cc(C(F)(F)F)c1F.S.S. The monoisotopic (exact) mass is 1640 g/mol. The minimum Gasteiger partial charge on any atom is -0.480 e. The Bertz CT molecular complexity index is 4330. The van der Waals surface area contributed by atoms with Gasteiger partial charge in [0.05, 0.1) is 54.4 Å². The summed E-state index contributed by atoms with van der Waals surface area (Å²) < 4.78 is 269. The van der Waals surface area contributed by atoms with Gasteiger partial charge in [-0.15, -0.1) is 0 Å². The van der Waals surface area contributed by atoms with E-state index in [2.05, 4.69) is 9.64 Å². The minimum atomic E-state index is -5.44. The Balaban J connectivity index is 0.000000384. The van der Waals surface area contributed by atoms with Crippen molar-refractivity contribution in [1.29, 1.82) is 0 Å². The predicted molar refractivity (Wildman–Crippen MR) is 390 cm³/mol. The lowest BCUT2D eigenvalue weighted by Gasteiger charge is -2.30. The zero-order valence-corrected chi connectivity index (χ0v) is 64.6. The lowest BCUT2D eigenvalue weighted by atomic mass is 9.83. The fourth-order valence-corrected chi connectivity index (χ4v) is 13.3. The Morgan fingerprint density at radius 1 is 0.495 bits per heavy atom. The van der Waals surface area contributed by atoms with E-state index >= 15 is 17.6 Å². The number of aryl methyl sites for hydroxylation is 6. The maximum Gasteiger partial charge on any atom is 0.419 e. The molecule has 8 rings (SSSR count). The van der Waals surface area contributed by atoms with Crippen LogP contribution in [-0.2, 0) is 66.2 Å². The van der Waals surface area contributed by atoms with Crippen LogP contribution in [0.5, 0.6) is 0 Å². The Labute approximate surface area is 643 Å². The van der Waals surface area contributed by atoms with Gasteiger partial charge in [0.2, 0.25) is 0 Å². The molecule has 0 spiro atoms. The molecule has 0 aliphatic carbocycles. The van der Waals surface area contributed by atoms with Gasteiger partial charge >= 0.3 is 42.6 Å². The zero-order chi connectivity index (χ0) is 81.9. The van der Waals surface area contributed by atoms with E-state index in [-0.39, 0.29) is 112 Å². The van der Waals surface area contributed by atoms with Gasteiger partial charge in [-0.3, -0.25) is 24.0 Å². The van der Waals surface area contributed by atoms with Gasteiger partial charge < -0.3 is 39.2 Å². The molecule has 0 radical (unpaired) electrons. The van der Waals surface area contributed by atoms with Gasteiger partial charge in [-0.2, -0.15) is 79.7 Å². The third-order valence-corrected chi connectivity index (χ3v) is 18.5. The topological polar surface area (TPSA) is 183 Å². The van der Waals surface area contributed by atoms with Crippen LogP contribution >= 0.6 is 27.0 Å². The van der Waals surface area contributed by atoms with E-state index in [0.29, 0.717) is 49.2 Å².